The predicted molar refractivity (Wildman–Crippen MR) is 141 cm³/mol. The number of ether oxygens (including phenoxy) is 1. The zero-order valence-electron chi connectivity index (χ0n) is 20.3. The minimum absolute atomic E-state index is 0.0625. The van der Waals surface area contributed by atoms with E-state index in [0.717, 1.165) is 22.4 Å². The Morgan fingerprint density at radius 2 is 1.86 bits per heavy atom. The molecule has 0 saturated heterocycles. The molecule has 0 fully saturated rings. The largest absolute Gasteiger partial charge is 0.449 e. The zero-order valence-corrected chi connectivity index (χ0v) is 20.3. The van der Waals surface area contributed by atoms with Crippen molar-refractivity contribution >= 4 is 17.2 Å². The summed E-state index contributed by atoms with van der Waals surface area (Å²) in [5, 5.41) is 14.8. The highest BCUT2D eigenvalue weighted by molar-refractivity contribution is 5.97. The molecule has 7 heteroatoms. The first-order chi connectivity index (χ1) is 18.0. The molecule has 1 aromatic heterocycles. The topological polar surface area (TPSA) is 94.4 Å². The maximum absolute atomic E-state index is 13.4. The molecule has 2 aromatic carbocycles. The second kappa shape index (κ2) is 11.5. The molecule has 37 heavy (non-hydrogen) atoms. The van der Waals surface area contributed by atoms with Crippen LogP contribution in [0.5, 0.6) is 0 Å². The van der Waals surface area contributed by atoms with E-state index < -0.39 is 16.8 Å². The molecule has 3 aromatic rings. The first kappa shape index (κ1) is 25.0. The first-order valence-corrected chi connectivity index (χ1v) is 11.5. The summed E-state index contributed by atoms with van der Waals surface area (Å²) < 4.78 is 5.50. The fourth-order valence-electron chi connectivity index (χ4n) is 4.21. The van der Waals surface area contributed by atoms with Crippen LogP contribution in [0.15, 0.2) is 96.1 Å². The third-order valence-corrected chi connectivity index (χ3v) is 5.77. The van der Waals surface area contributed by atoms with Gasteiger partial charge in [-0.05, 0) is 66.5 Å². The van der Waals surface area contributed by atoms with Crippen LogP contribution in [-0.2, 0) is 9.53 Å². The Labute approximate surface area is 215 Å². The highest BCUT2D eigenvalue weighted by atomic mass is 16.6. The number of rotatable bonds is 5. The number of carbonyl (C=O) groups excluding carboxylic acids is 1. The van der Waals surface area contributed by atoms with Gasteiger partial charge in [-0.15, -0.1) is 0 Å². The van der Waals surface area contributed by atoms with E-state index in [1.807, 2.05) is 43.3 Å². The number of nitrogens with one attached hydrogen (secondary N) is 1. The van der Waals surface area contributed by atoms with Gasteiger partial charge >= 0.3 is 5.97 Å². The van der Waals surface area contributed by atoms with Gasteiger partial charge in [0.15, 0.2) is 6.61 Å². The number of esters is 1. The number of benzene rings is 2. The molecule has 182 valence electrons. The molecular weight excluding hydrogens is 466 g/mol. The van der Waals surface area contributed by atoms with E-state index in [2.05, 4.69) is 34.0 Å². The van der Waals surface area contributed by atoms with Gasteiger partial charge in [-0.1, -0.05) is 42.3 Å². The molecule has 1 aliphatic rings. The van der Waals surface area contributed by atoms with Crippen molar-refractivity contribution in [3.8, 4) is 23.7 Å². The molecule has 1 unspecified atom stereocenters. The minimum atomic E-state index is -0.608. The SMILES string of the molecule is CC1=C(C(=O)OCC#CC#Cc2ccccc2)C(c2cccc([N+](=O)[O-])c2)C(c2cccnc2)=C(C)N1. The molecule has 2 heterocycles. The van der Waals surface area contributed by atoms with Crippen LogP contribution in [0.1, 0.15) is 36.5 Å². The van der Waals surface area contributed by atoms with Crippen molar-refractivity contribution in [2.45, 2.75) is 19.8 Å². The lowest BCUT2D eigenvalue weighted by molar-refractivity contribution is -0.384. The summed E-state index contributed by atoms with van der Waals surface area (Å²) >= 11 is 0. The fraction of sp³-hybridized carbons (Fsp3) is 0.133. The predicted octanol–water partition coefficient (Wildman–Crippen LogP) is 4.98. The number of carbonyl (C=O) groups is 1. The molecule has 7 nitrogen and oxygen atoms in total. The van der Waals surface area contributed by atoms with Crippen LogP contribution in [0.25, 0.3) is 5.57 Å². The van der Waals surface area contributed by atoms with Gasteiger partial charge in [-0.3, -0.25) is 15.1 Å². The molecule has 1 atom stereocenters. The normalized spacial score (nSPS) is 14.5. The highest BCUT2D eigenvalue weighted by Crippen LogP contribution is 2.44. The number of nitro benzene ring substituents is 1. The van der Waals surface area contributed by atoms with E-state index in [9.17, 15) is 14.9 Å². The molecule has 1 aliphatic heterocycles. The van der Waals surface area contributed by atoms with Crippen molar-refractivity contribution in [3.63, 3.8) is 0 Å². The smallest absolute Gasteiger partial charge is 0.337 e. The Morgan fingerprint density at radius 1 is 1.05 bits per heavy atom. The zero-order chi connectivity index (χ0) is 26.2. The third-order valence-electron chi connectivity index (χ3n) is 5.77. The van der Waals surface area contributed by atoms with Crippen molar-refractivity contribution < 1.29 is 14.5 Å². The average Bonchev–Trinajstić information content (AvgIpc) is 2.91. The number of aromatic nitrogens is 1. The van der Waals surface area contributed by atoms with Gasteiger partial charge in [-0.25, -0.2) is 4.79 Å². The molecule has 0 bridgehead atoms. The summed E-state index contributed by atoms with van der Waals surface area (Å²) in [5.74, 6) is 9.94. The van der Waals surface area contributed by atoms with Crippen molar-refractivity contribution in [3.05, 3.63) is 123 Å². The number of dihydropyridines is 1. The Balaban J connectivity index is 1.65. The number of hydrogen-bond donors (Lipinski definition) is 1. The highest BCUT2D eigenvalue weighted by Gasteiger charge is 2.35. The number of hydrogen-bond acceptors (Lipinski definition) is 6. The Kier molecular flexibility index (Phi) is 7.78. The molecule has 0 amide bonds. The molecule has 1 N–H and O–H groups in total. The lowest BCUT2D eigenvalue weighted by Crippen LogP contribution is -2.28. The Hall–Kier alpha value is -5.14. The third kappa shape index (κ3) is 5.93. The summed E-state index contributed by atoms with van der Waals surface area (Å²) in [4.78, 5) is 28.6. The maximum atomic E-state index is 13.4. The quantitative estimate of drug-likeness (QED) is 0.235. The van der Waals surface area contributed by atoms with Crippen molar-refractivity contribution in [1.82, 2.24) is 10.3 Å². The van der Waals surface area contributed by atoms with E-state index in [1.165, 1.54) is 12.1 Å². The first-order valence-electron chi connectivity index (χ1n) is 11.5. The van der Waals surface area contributed by atoms with Gasteiger partial charge in [0.25, 0.3) is 5.69 Å². The average molecular weight is 490 g/mol. The van der Waals surface area contributed by atoms with Gasteiger partial charge in [0, 0.05) is 47.4 Å². The minimum Gasteiger partial charge on any atom is -0.449 e. The monoisotopic (exact) mass is 489 g/mol. The van der Waals surface area contributed by atoms with Crippen LogP contribution in [0, 0.1) is 33.8 Å². The van der Waals surface area contributed by atoms with E-state index >= 15 is 0 Å². The summed E-state index contributed by atoms with van der Waals surface area (Å²) in [6.45, 7) is 3.53. The molecule has 0 aliphatic carbocycles. The van der Waals surface area contributed by atoms with Crippen LogP contribution in [-0.4, -0.2) is 22.5 Å². The molecule has 4 rings (SSSR count). The summed E-state index contributed by atoms with van der Waals surface area (Å²) in [5.41, 5.74) is 4.71. The van der Waals surface area contributed by atoms with Crippen LogP contribution in [0.2, 0.25) is 0 Å². The van der Waals surface area contributed by atoms with Crippen molar-refractivity contribution in [1.29, 1.82) is 0 Å². The summed E-state index contributed by atoms with van der Waals surface area (Å²) in [6, 6.07) is 19.4. The van der Waals surface area contributed by atoms with Gasteiger partial charge in [0.1, 0.15) is 0 Å². The van der Waals surface area contributed by atoms with E-state index in [1.54, 1.807) is 37.5 Å². The second-order valence-electron chi connectivity index (χ2n) is 8.22. The Morgan fingerprint density at radius 3 is 2.59 bits per heavy atom. The standard InChI is InChI=1S/C30H23N3O4/c1-21-27(25-15-10-17-31-20-25)29(24-14-9-16-26(19-24)33(35)36)28(22(2)32-21)30(34)37-18-8-4-7-13-23-11-5-3-6-12-23/h3,5-6,9-12,14-17,19-20,29,32H,18H2,1-2H3. The number of allylic oxidation sites excluding steroid dienone is 3. The van der Waals surface area contributed by atoms with Crippen LogP contribution in [0.4, 0.5) is 5.69 Å². The maximum Gasteiger partial charge on any atom is 0.337 e. The van der Waals surface area contributed by atoms with E-state index in [4.69, 9.17) is 4.74 Å². The van der Waals surface area contributed by atoms with Gasteiger partial charge in [0.05, 0.1) is 10.5 Å². The second-order valence-corrected chi connectivity index (χ2v) is 8.22. The number of non-ortho nitro benzene ring substituents is 1. The molecule has 0 radical (unpaired) electrons. The molecule has 0 saturated carbocycles. The number of nitrogens with zero attached hydrogens (tertiary/aromatic N) is 2. The van der Waals surface area contributed by atoms with E-state index in [0.29, 0.717) is 16.8 Å². The van der Waals surface area contributed by atoms with Crippen LogP contribution < -0.4 is 5.32 Å². The van der Waals surface area contributed by atoms with Crippen molar-refractivity contribution in [2.75, 3.05) is 6.61 Å². The van der Waals surface area contributed by atoms with Gasteiger partial charge in [-0.2, -0.15) is 0 Å². The lowest BCUT2D eigenvalue weighted by Gasteiger charge is -2.31. The van der Waals surface area contributed by atoms with Crippen LogP contribution >= 0.6 is 0 Å². The summed E-state index contributed by atoms with van der Waals surface area (Å²) in [7, 11) is 0. The number of pyridine rings is 1. The van der Waals surface area contributed by atoms with Crippen molar-refractivity contribution in [2.24, 2.45) is 0 Å². The van der Waals surface area contributed by atoms with Gasteiger partial charge in [0.2, 0.25) is 0 Å². The Bertz CT molecular complexity index is 1520. The van der Waals surface area contributed by atoms with Gasteiger partial charge < -0.3 is 10.1 Å². The number of nitro groups is 1. The van der Waals surface area contributed by atoms with Crippen LogP contribution in [0.3, 0.4) is 0 Å². The molecule has 0 spiro atoms. The van der Waals surface area contributed by atoms with E-state index in [-0.39, 0.29) is 12.3 Å². The fourth-order valence-corrected chi connectivity index (χ4v) is 4.21. The lowest BCUT2D eigenvalue weighted by atomic mass is 9.78. The summed E-state index contributed by atoms with van der Waals surface area (Å²) in [6.07, 6.45) is 3.36. The molecular formula is C30H23N3O4.